The van der Waals surface area contributed by atoms with Gasteiger partial charge in [0.05, 0.1) is 13.3 Å². The minimum atomic E-state index is -0.502. The molecule has 25 heavy (non-hydrogen) atoms. The lowest BCUT2D eigenvalue weighted by atomic mass is 10.2. The van der Waals surface area contributed by atoms with Gasteiger partial charge in [-0.15, -0.1) is 15.3 Å². The summed E-state index contributed by atoms with van der Waals surface area (Å²) in [7, 11) is 3.26. The number of nitrogens with zero attached hydrogens (tertiary/aromatic N) is 6. The Morgan fingerprint density at radius 3 is 2.48 bits per heavy atom. The van der Waals surface area contributed by atoms with E-state index in [-0.39, 0.29) is 5.91 Å². The third-order valence-corrected chi connectivity index (χ3v) is 3.85. The van der Waals surface area contributed by atoms with Crippen molar-refractivity contribution in [2.24, 2.45) is 0 Å². The third kappa shape index (κ3) is 3.47. The topological polar surface area (TPSA) is 86.0 Å². The van der Waals surface area contributed by atoms with Gasteiger partial charge >= 0.3 is 0 Å². The highest BCUT2D eigenvalue weighted by Crippen LogP contribution is 2.19. The molecule has 2 heterocycles. The quantitative estimate of drug-likeness (QED) is 0.707. The largest absolute Gasteiger partial charge is 0.480 e. The Bertz CT molecular complexity index is 847. The standard InChI is InChI=1S/C17H18N6O2/c1-12(17(24)22(2)13-7-5-4-6-8-13)23-11-15(19-21-23)14-9-10-16(25-3)20-18-14/h4-12H,1-3H3. The lowest BCUT2D eigenvalue weighted by molar-refractivity contribution is -0.121. The molecule has 0 saturated carbocycles. The van der Waals surface area contributed by atoms with E-state index in [1.165, 1.54) is 11.8 Å². The van der Waals surface area contributed by atoms with Crippen molar-refractivity contribution >= 4 is 11.6 Å². The molecule has 0 bridgehead atoms. The SMILES string of the molecule is COc1ccc(-c2cn(C(C)C(=O)N(C)c3ccccc3)nn2)nn1. The molecule has 1 amide bonds. The highest BCUT2D eigenvalue weighted by atomic mass is 16.5. The van der Waals surface area contributed by atoms with Crippen molar-refractivity contribution in [1.29, 1.82) is 0 Å². The van der Waals surface area contributed by atoms with Gasteiger partial charge < -0.3 is 9.64 Å². The van der Waals surface area contributed by atoms with Gasteiger partial charge in [0.15, 0.2) is 0 Å². The van der Waals surface area contributed by atoms with E-state index in [2.05, 4.69) is 20.5 Å². The van der Waals surface area contributed by atoms with E-state index < -0.39 is 6.04 Å². The average Bonchev–Trinajstić information content (AvgIpc) is 3.17. The first kappa shape index (κ1) is 16.6. The molecule has 8 nitrogen and oxygen atoms in total. The summed E-state index contributed by atoms with van der Waals surface area (Å²) in [6.45, 7) is 1.78. The van der Waals surface area contributed by atoms with Crippen molar-refractivity contribution in [3.05, 3.63) is 48.7 Å². The van der Waals surface area contributed by atoms with Crippen LogP contribution in [0.25, 0.3) is 11.4 Å². The monoisotopic (exact) mass is 338 g/mol. The Labute approximate surface area is 145 Å². The number of hydrogen-bond donors (Lipinski definition) is 0. The van der Waals surface area contributed by atoms with Gasteiger partial charge in [-0.1, -0.05) is 23.4 Å². The molecule has 0 fully saturated rings. The second-order valence-corrected chi connectivity index (χ2v) is 5.45. The molecule has 1 unspecified atom stereocenters. The summed E-state index contributed by atoms with van der Waals surface area (Å²) in [4.78, 5) is 14.3. The van der Waals surface area contributed by atoms with Gasteiger partial charge in [0.2, 0.25) is 5.88 Å². The number of ether oxygens (including phenoxy) is 1. The molecule has 8 heteroatoms. The highest BCUT2D eigenvalue weighted by molar-refractivity contribution is 5.95. The van der Waals surface area contributed by atoms with E-state index in [0.29, 0.717) is 17.3 Å². The van der Waals surface area contributed by atoms with E-state index in [0.717, 1.165) is 5.69 Å². The molecule has 0 radical (unpaired) electrons. The fraction of sp³-hybridized carbons (Fsp3) is 0.235. The summed E-state index contributed by atoms with van der Waals surface area (Å²) >= 11 is 0. The maximum atomic E-state index is 12.7. The number of aromatic nitrogens is 5. The third-order valence-electron chi connectivity index (χ3n) is 3.85. The van der Waals surface area contributed by atoms with Crippen molar-refractivity contribution in [1.82, 2.24) is 25.2 Å². The molecule has 0 N–H and O–H groups in total. The Kier molecular flexibility index (Phi) is 4.69. The van der Waals surface area contributed by atoms with Crippen molar-refractivity contribution in [2.75, 3.05) is 19.1 Å². The van der Waals surface area contributed by atoms with E-state index in [9.17, 15) is 4.79 Å². The van der Waals surface area contributed by atoms with Crippen molar-refractivity contribution in [3.8, 4) is 17.3 Å². The number of para-hydroxylation sites is 1. The predicted octanol–water partition coefficient (Wildman–Crippen LogP) is 1.97. The number of carbonyl (C=O) groups excluding carboxylic acids is 1. The van der Waals surface area contributed by atoms with Crippen LogP contribution in [-0.2, 0) is 4.79 Å². The van der Waals surface area contributed by atoms with Gasteiger partial charge in [-0.05, 0) is 25.1 Å². The summed E-state index contributed by atoms with van der Waals surface area (Å²) in [6, 6.07) is 12.4. The Hall–Kier alpha value is -3.29. The van der Waals surface area contributed by atoms with Gasteiger partial charge in [0, 0.05) is 18.8 Å². The van der Waals surface area contributed by atoms with E-state index >= 15 is 0 Å². The minimum Gasteiger partial charge on any atom is -0.480 e. The normalized spacial score (nSPS) is 11.8. The summed E-state index contributed by atoms with van der Waals surface area (Å²) in [6.07, 6.45) is 1.68. The first-order chi connectivity index (χ1) is 12.1. The maximum Gasteiger partial charge on any atom is 0.251 e. The van der Waals surface area contributed by atoms with E-state index in [1.54, 1.807) is 37.2 Å². The second kappa shape index (κ2) is 7.08. The van der Waals surface area contributed by atoms with Crippen LogP contribution in [0.5, 0.6) is 5.88 Å². The number of likely N-dealkylation sites (N-methyl/N-ethyl adjacent to an activating group) is 1. The number of carbonyl (C=O) groups is 1. The fourth-order valence-electron chi connectivity index (χ4n) is 2.32. The number of benzene rings is 1. The molecule has 1 aromatic carbocycles. The number of anilines is 1. The van der Waals surface area contributed by atoms with Crippen LogP contribution in [0.4, 0.5) is 5.69 Å². The van der Waals surface area contributed by atoms with Crippen LogP contribution >= 0.6 is 0 Å². The molecule has 1 atom stereocenters. The van der Waals surface area contributed by atoms with Crippen LogP contribution in [0, 0.1) is 0 Å². The van der Waals surface area contributed by atoms with Gasteiger partial charge in [0.1, 0.15) is 17.4 Å². The summed E-state index contributed by atoms with van der Waals surface area (Å²) in [5, 5.41) is 16.1. The molecule has 128 valence electrons. The van der Waals surface area contributed by atoms with Crippen molar-refractivity contribution < 1.29 is 9.53 Å². The Morgan fingerprint density at radius 1 is 1.08 bits per heavy atom. The van der Waals surface area contributed by atoms with E-state index in [1.807, 2.05) is 30.3 Å². The number of rotatable bonds is 5. The molecular weight excluding hydrogens is 320 g/mol. The molecular formula is C17H18N6O2. The van der Waals surface area contributed by atoms with Gasteiger partial charge in [-0.25, -0.2) is 4.68 Å². The minimum absolute atomic E-state index is 0.0940. The van der Waals surface area contributed by atoms with Crippen LogP contribution < -0.4 is 9.64 Å². The first-order valence-corrected chi connectivity index (χ1v) is 7.72. The fourth-order valence-corrected chi connectivity index (χ4v) is 2.32. The summed E-state index contributed by atoms with van der Waals surface area (Å²) < 4.78 is 6.50. The number of hydrogen-bond acceptors (Lipinski definition) is 6. The molecule has 0 saturated heterocycles. The van der Waals surface area contributed by atoms with Gasteiger partial charge in [-0.2, -0.15) is 0 Å². The molecule has 3 rings (SSSR count). The molecule has 3 aromatic rings. The smallest absolute Gasteiger partial charge is 0.251 e. The summed E-state index contributed by atoms with van der Waals surface area (Å²) in [5.74, 6) is 0.327. The van der Waals surface area contributed by atoms with Crippen LogP contribution in [-0.4, -0.2) is 45.3 Å². The van der Waals surface area contributed by atoms with Gasteiger partial charge in [0.25, 0.3) is 5.91 Å². The van der Waals surface area contributed by atoms with Crippen LogP contribution in [0.15, 0.2) is 48.7 Å². The maximum absolute atomic E-state index is 12.7. The first-order valence-electron chi connectivity index (χ1n) is 7.72. The summed E-state index contributed by atoms with van der Waals surface area (Å²) in [5.41, 5.74) is 1.92. The average molecular weight is 338 g/mol. The number of methoxy groups -OCH3 is 1. The molecule has 0 spiro atoms. The Balaban J connectivity index is 1.77. The zero-order chi connectivity index (χ0) is 17.8. The van der Waals surface area contributed by atoms with Crippen LogP contribution in [0.3, 0.4) is 0 Å². The molecule has 2 aromatic heterocycles. The zero-order valence-corrected chi connectivity index (χ0v) is 14.2. The molecule has 0 aliphatic carbocycles. The molecule has 0 aliphatic heterocycles. The Morgan fingerprint density at radius 2 is 1.84 bits per heavy atom. The highest BCUT2D eigenvalue weighted by Gasteiger charge is 2.22. The van der Waals surface area contributed by atoms with Crippen molar-refractivity contribution in [3.63, 3.8) is 0 Å². The predicted molar refractivity (Wildman–Crippen MR) is 92.2 cm³/mol. The van der Waals surface area contributed by atoms with Crippen LogP contribution in [0.1, 0.15) is 13.0 Å². The van der Waals surface area contributed by atoms with Crippen molar-refractivity contribution in [2.45, 2.75) is 13.0 Å². The lowest BCUT2D eigenvalue weighted by Crippen LogP contribution is -2.33. The van der Waals surface area contributed by atoms with E-state index in [4.69, 9.17) is 4.74 Å². The van der Waals surface area contributed by atoms with Crippen LogP contribution in [0.2, 0.25) is 0 Å². The molecule has 0 aliphatic rings. The zero-order valence-electron chi connectivity index (χ0n) is 14.2. The lowest BCUT2D eigenvalue weighted by Gasteiger charge is -2.21. The second-order valence-electron chi connectivity index (χ2n) is 5.45. The number of amides is 1. The van der Waals surface area contributed by atoms with Gasteiger partial charge in [-0.3, -0.25) is 4.79 Å².